The maximum absolute atomic E-state index is 12.1. The minimum absolute atomic E-state index is 0. The number of hydrogen-bond acceptors (Lipinski definition) is 2. The van der Waals surface area contributed by atoms with E-state index in [1.165, 1.54) is 0 Å². The van der Waals surface area contributed by atoms with Crippen molar-refractivity contribution in [3.63, 3.8) is 0 Å². The van der Waals surface area contributed by atoms with Crippen LogP contribution in [0, 0.1) is 0 Å². The molecule has 0 saturated carbocycles. The second-order valence-corrected chi connectivity index (χ2v) is 6.90. The molecule has 1 unspecified atom stereocenters. The van der Waals surface area contributed by atoms with Gasteiger partial charge in [0.2, 0.25) is 0 Å². The van der Waals surface area contributed by atoms with Gasteiger partial charge in [-0.2, -0.15) is 0 Å². The van der Waals surface area contributed by atoms with Crippen LogP contribution < -0.4 is 10.6 Å². The zero-order chi connectivity index (χ0) is 15.6. The molecule has 0 fully saturated rings. The zero-order valence-corrected chi connectivity index (χ0v) is 16.7. The van der Waals surface area contributed by atoms with Crippen LogP contribution in [0.15, 0.2) is 47.5 Å². The van der Waals surface area contributed by atoms with Gasteiger partial charge in [-0.15, -0.1) is 24.0 Å². The normalized spacial score (nSPS) is 16.0. The van der Waals surface area contributed by atoms with Gasteiger partial charge in [-0.1, -0.05) is 42.5 Å². The Kier molecular flexibility index (Phi) is 10.2. The summed E-state index contributed by atoms with van der Waals surface area (Å²) in [6.45, 7) is 3.46. The Morgan fingerprint density at radius 1 is 1.26 bits per heavy atom. The van der Waals surface area contributed by atoms with Gasteiger partial charge in [-0.25, -0.2) is 0 Å². The lowest BCUT2D eigenvalue weighted by Gasteiger charge is -2.16. The van der Waals surface area contributed by atoms with Crippen molar-refractivity contribution in [3.05, 3.63) is 48.0 Å². The highest BCUT2D eigenvalue weighted by Gasteiger charge is 2.11. The van der Waals surface area contributed by atoms with E-state index in [0.29, 0.717) is 24.1 Å². The molecule has 1 aliphatic rings. The highest BCUT2D eigenvalue weighted by molar-refractivity contribution is 14.0. The molecule has 2 N–H and O–H groups in total. The van der Waals surface area contributed by atoms with Crippen LogP contribution in [-0.4, -0.2) is 35.1 Å². The van der Waals surface area contributed by atoms with Gasteiger partial charge >= 0.3 is 0 Å². The predicted molar refractivity (Wildman–Crippen MR) is 110 cm³/mol. The van der Waals surface area contributed by atoms with Crippen LogP contribution in [0.1, 0.15) is 25.3 Å². The number of nitrogens with one attached hydrogen (secondary N) is 2. The number of aliphatic imine (C=N–C) groups is 1. The standard InChI is InChI=1S/C17H25N3OS.HI/c1-2-18-17(20-16-10-6-7-11-16)19-12-13-22(21)14-15-8-4-3-5-9-15;/h3-9,16H,2,10-14H2,1H3,(H2,18,19,20);1H. The summed E-state index contributed by atoms with van der Waals surface area (Å²) in [6, 6.07) is 10.4. The molecule has 0 saturated heterocycles. The molecule has 1 aliphatic carbocycles. The summed E-state index contributed by atoms with van der Waals surface area (Å²) >= 11 is 0. The van der Waals surface area contributed by atoms with Crippen molar-refractivity contribution in [3.8, 4) is 0 Å². The summed E-state index contributed by atoms with van der Waals surface area (Å²) in [5.41, 5.74) is 1.12. The van der Waals surface area contributed by atoms with Crippen LogP contribution in [0.5, 0.6) is 0 Å². The minimum atomic E-state index is -0.870. The molecule has 1 aromatic rings. The van der Waals surface area contributed by atoms with Crippen LogP contribution >= 0.6 is 24.0 Å². The van der Waals surface area contributed by atoms with Gasteiger partial charge in [0.25, 0.3) is 0 Å². The van der Waals surface area contributed by atoms with Crippen molar-refractivity contribution in [2.24, 2.45) is 4.99 Å². The summed E-state index contributed by atoms with van der Waals surface area (Å²) in [7, 11) is -0.870. The van der Waals surface area contributed by atoms with Crippen LogP contribution in [0.3, 0.4) is 0 Å². The van der Waals surface area contributed by atoms with Gasteiger partial charge in [-0.05, 0) is 25.3 Å². The average Bonchev–Trinajstić information content (AvgIpc) is 3.01. The largest absolute Gasteiger partial charge is 0.357 e. The fourth-order valence-electron chi connectivity index (χ4n) is 2.34. The lowest BCUT2D eigenvalue weighted by molar-refractivity contribution is 0.634. The van der Waals surface area contributed by atoms with Gasteiger partial charge in [0.1, 0.15) is 0 Å². The predicted octanol–water partition coefficient (Wildman–Crippen LogP) is 2.83. The number of hydrogen-bond donors (Lipinski definition) is 2. The monoisotopic (exact) mass is 447 g/mol. The lowest BCUT2D eigenvalue weighted by Crippen LogP contribution is -2.42. The SMILES string of the molecule is CCNC(=NCCS(=O)Cc1ccccc1)NC1CC=CC1.I. The van der Waals surface area contributed by atoms with Gasteiger partial charge in [0.15, 0.2) is 5.96 Å². The first kappa shape index (κ1) is 20.2. The third-order valence-electron chi connectivity index (χ3n) is 3.45. The molecule has 128 valence electrons. The van der Waals surface area contributed by atoms with Crippen LogP contribution in [0.25, 0.3) is 0 Å². The van der Waals surface area contributed by atoms with Gasteiger partial charge < -0.3 is 10.6 Å². The highest BCUT2D eigenvalue weighted by atomic mass is 127. The molecule has 0 radical (unpaired) electrons. The number of rotatable bonds is 7. The third-order valence-corrected chi connectivity index (χ3v) is 4.75. The van der Waals surface area contributed by atoms with E-state index in [-0.39, 0.29) is 24.0 Å². The summed E-state index contributed by atoms with van der Waals surface area (Å²) in [5.74, 6) is 2.02. The van der Waals surface area contributed by atoms with E-state index in [9.17, 15) is 4.21 Å². The number of benzene rings is 1. The van der Waals surface area contributed by atoms with E-state index in [1.54, 1.807) is 0 Å². The second kappa shape index (κ2) is 11.6. The summed E-state index contributed by atoms with van der Waals surface area (Å²) < 4.78 is 12.1. The summed E-state index contributed by atoms with van der Waals surface area (Å²) in [6.07, 6.45) is 6.47. The Morgan fingerprint density at radius 2 is 1.96 bits per heavy atom. The average molecular weight is 447 g/mol. The van der Waals surface area contributed by atoms with E-state index in [4.69, 9.17) is 0 Å². The summed E-state index contributed by atoms with van der Waals surface area (Å²) in [4.78, 5) is 4.53. The van der Waals surface area contributed by atoms with E-state index in [0.717, 1.165) is 30.9 Å². The Balaban J connectivity index is 0.00000264. The molecular weight excluding hydrogens is 421 g/mol. The number of guanidine groups is 1. The molecule has 6 heteroatoms. The molecule has 4 nitrogen and oxygen atoms in total. The molecule has 0 bridgehead atoms. The fourth-order valence-corrected chi connectivity index (χ4v) is 3.34. The number of nitrogens with zero attached hydrogens (tertiary/aromatic N) is 1. The van der Waals surface area contributed by atoms with E-state index in [2.05, 4.69) is 34.7 Å². The highest BCUT2D eigenvalue weighted by Crippen LogP contribution is 2.08. The van der Waals surface area contributed by atoms with Gasteiger partial charge in [-0.3, -0.25) is 9.20 Å². The van der Waals surface area contributed by atoms with Crippen molar-refractivity contribution in [2.75, 3.05) is 18.8 Å². The van der Waals surface area contributed by atoms with Crippen molar-refractivity contribution < 1.29 is 4.21 Å². The zero-order valence-electron chi connectivity index (χ0n) is 13.5. The van der Waals surface area contributed by atoms with Crippen molar-refractivity contribution in [1.29, 1.82) is 0 Å². The maximum Gasteiger partial charge on any atom is 0.191 e. The van der Waals surface area contributed by atoms with Crippen LogP contribution in [0.4, 0.5) is 0 Å². The second-order valence-electron chi connectivity index (χ2n) is 5.32. The molecule has 2 rings (SSSR count). The van der Waals surface area contributed by atoms with Crippen LogP contribution in [-0.2, 0) is 16.6 Å². The smallest absolute Gasteiger partial charge is 0.191 e. The van der Waals surface area contributed by atoms with E-state index in [1.807, 2.05) is 30.3 Å². The molecule has 23 heavy (non-hydrogen) atoms. The quantitative estimate of drug-likeness (QED) is 0.293. The van der Waals surface area contributed by atoms with E-state index < -0.39 is 10.8 Å². The fraction of sp³-hybridized carbons (Fsp3) is 0.471. The first-order valence-electron chi connectivity index (χ1n) is 7.86. The van der Waals surface area contributed by atoms with Crippen molar-refractivity contribution in [2.45, 2.75) is 31.6 Å². The molecule has 0 heterocycles. The first-order valence-corrected chi connectivity index (χ1v) is 9.35. The number of halogens is 1. The molecule has 0 aliphatic heterocycles. The van der Waals surface area contributed by atoms with Crippen molar-refractivity contribution >= 4 is 40.7 Å². The lowest BCUT2D eigenvalue weighted by atomic mass is 10.2. The first-order chi connectivity index (χ1) is 10.8. The Labute approximate surface area is 158 Å². The molecule has 0 aromatic heterocycles. The molecule has 0 spiro atoms. The van der Waals surface area contributed by atoms with Crippen LogP contribution in [0.2, 0.25) is 0 Å². The topological polar surface area (TPSA) is 53.5 Å². The van der Waals surface area contributed by atoms with Gasteiger partial charge in [0.05, 0.1) is 6.54 Å². The molecule has 1 atom stereocenters. The van der Waals surface area contributed by atoms with E-state index >= 15 is 0 Å². The molecule has 0 amide bonds. The Morgan fingerprint density at radius 3 is 2.61 bits per heavy atom. The maximum atomic E-state index is 12.1. The molecule has 1 aromatic carbocycles. The molecular formula is C17H26IN3OS. The summed E-state index contributed by atoms with van der Waals surface area (Å²) in [5, 5.41) is 6.66. The van der Waals surface area contributed by atoms with Crippen molar-refractivity contribution in [1.82, 2.24) is 10.6 Å². The Bertz CT molecular complexity index is 526. The Hall–Kier alpha value is -0.890. The third kappa shape index (κ3) is 7.97. The minimum Gasteiger partial charge on any atom is -0.357 e. The van der Waals surface area contributed by atoms with Gasteiger partial charge in [0, 0.05) is 34.9 Å².